The first-order valence-electron chi connectivity index (χ1n) is 7.49. The molecule has 0 aliphatic carbocycles. The molecule has 0 amide bonds. The molecule has 0 saturated heterocycles. The first kappa shape index (κ1) is 15.3. The normalized spacial score (nSPS) is 11.8. The Morgan fingerprint density at radius 3 is 2.26 bits per heavy atom. The number of thiophene rings is 1. The molecule has 1 N–H and O–H groups in total. The third-order valence-electron chi connectivity index (χ3n) is 3.22. The largest absolute Gasteiger partial charge is 0.359 e. The standard InChI is InChI=1S/C20H18N2S/c1-16(22-18-10-6-3-7-11-18)14-19-12-13-20(23-19)15-21-17-8-4-2-5-9-17/h2-15,22H,1H3/b16-14+,21-15-. The van der Waals surface area contributed by atoms with Gasteiger partial charge in [0.2, 0.25) is 0 Å². The topological polar surface area (TPSA) is 24.4 Å². The van der Waals surface area contributed by atoms with Crippen LogP contribution in [0.25, 0.3) is 6.08 Å². The fourth-order valence-electron chi connectivity index (χ4n) is 2.17. The van der Waals surface area contributed by atoms with Crippen LogP contribution in [0.15, 0.2) is 83.5 Å². The lowest BCUT2D eigenvalue weighted by Gasteiger charge is -2.05. The molecule has 0 aliphatic heterocycles. The SMILES string of the molecule is C/C(=C\c1ccc(/C=N\c2ccccc2)s1)Nc1ccccc1. The van der Waals surface area contributed by atoms with Gasteiger partial charge in [-0.05, 0) is 49.4 Å². The van der Waals surface area contributed by atoms with E-state index in [4.69, 9.17) is 0 Å². The summed E-state index contributed by atoms with van der Waals surface area (Å²) in [6.07, 6.45) is 4.06. The second-order valence-electron chi connectivity index (χ2n) is 5.15. The summed E-state index contributed by atoms with van der Waals surface area (Å²) in [7, 11) is 0. The second-order valence-corrected chi connectivity index (χ2v) is 6.30. The van der Waals surface area contributed by atoms with Gasteiger partial charge in [0.25, 0.3) is 0 Å². The number of hydrogen-bond acceptors (Lipinski definition) is 3. The van der Waals surface area contributed by atoms with E-state index >= 15 is 0 Å². The van der Waals surface area contributed by atoms with Gasteiger partial charge in [0.15, 0.2) is 0 Å². The lowest BCUT2D eigenvalue weighted by Crippen LogP contribution is -1.93. The predicted molar refractivity (Wildman–Crippen MR) is 102 cm³/mol. The predicted octanol–water partition coefficient (Wildman–Crippen LogP) is 5.97. The summed E-state index contributed by atoms with van der Waals surface area (Å²) < 4.78 is 0. The van der Waals surface area contributed by atoms with Crippen LogP contribution in [0.1, 0.15) is 16.7 Å². The zero-order valence-electron chi connectivity index (χ0n) is 12.9. The molecule has 0 fully saturated rings. The first-order valence-corrected chi connectivity index (χ1v) is 8.30. The van der Waals surface area contributed by atoms with E-state index in [1.165, 1.54) is 4.88 Å². The molecule has 0 unspecified atom stereocenters. The summed E-state index contributed by atoms with van der Waals surface area (Å²) in [6.45, 7) is 2.07. The van der Waals surface area contributed by atoms with E-state index in [1.807, 2.05) is 54.7 Å². The van der Waals surface area contributed by atoms with Crippen LogP contribution in [0, 0.1) is 0 Å². The van der Waals surface area contributed by atoms with Gasteiger partial charge in [-0.2, -0.15) is 0 Å². The van der Waals surface area contributed by atoms with Gasteiger partial charge >= 0.3 is 0 Å². The van der Waals surface area contributed by atoms with Gasteiger partial charge in [0, 0.05) is 27.4 Å². The number of aliphatic imine (C=N–C) groups is 1. The fraction of sp³-hybridized carbons (Fsp3) is 0.0500. The number of allylic oxidation sites excluding steroid dienone is 1. The molecule has 2 nitrogen and oxygen atoms in total. The average Bonchev–Trinajstić information content (AvgIpc) is 3.02. The van der Waals surface area contributed by atoms with Crippen molar-refractivity contribution < 1.29 is 0 Å². The van der Waals surface area contributed by atoms with Crippen molar-refractivity contribution in [3.8, 4) is 0 Å². The lowest BCUT2D eigenvalue weighted by molar-refractivity contribution is 1.40. The summed E-state index contributed by atoms with van der Waals surface area (Å²) >= 11 is 1.73. The smallest absolute Gasteiger partial charge is 0.0630 e. The Labute approximate surface area is 140 Å². The first-order chi connectivity index (χ1) is 11.3. The van der Waals surface area contributed by atoms with Crippen LogP contribution < -0.4 is 5.32 Å². The van der Waals surface area contributed by atoms with E-state index in [0.29, 0.717) is 0 Å². The van der Waals surface area contributed by atoms with Gasteiger partial charge in [0.1, 0.15) is 0 Å². The van der Waals surface area contributed by atoms with E-state index in [1.54, 1.807) is 11.3 Å². The monoisotopic (exact) mass is 318 g/mol. The van der Waals surface area contributed by atoms with Gasteiger partial charge in [-0.1, -0.05) is 36.4 Å². The third kappa shape index (κ3) is 4.66. The van der Waals surface area contributed by atoms with E-state index in [0.717, 1.165) is 21.9 Å². The zero-order valence-corrected chi connectivity index (χ0v) is 13.8. The Kier molecular flexibility index (Phi) is 5.02. The molecule has 0 bridgehead atoms. The molecule has 1 heterocycles. The Morgan fingerprint density at radius 2 is 1.52 bits per heavy atom. The molecule has 23 heavy (non-hydrogen) atoms. The van der Waals surface area contributed by atoms with Crippen molar-refractivity contribution in [3.63, 3.8) is 0 Å². The maximum absolute atomic E-state index is 4.49. The minimum atomic E-state index is 0.972. The Morgan fingerprint density at radius 1 is 0.870 bits per heavy atom. The van der Waals surface area contributed by atoms with Crippen LogP contribution in [0.5, 0.6) is 0 Å². The van der Waals surface area contributed by atoms with Gasteiger partial charge in [-0.25, -0.2) is 0 Å². The second kappa shape index (κ2) is 7.56. The molecule has 0 radical (unpaired) electrons. The summed E-state index contributed by atoms with van der Waals surface area (Å²) in [6, 6.07) is 24.4. The summed E-state index contributed by atoms with van der Waals surface area (Å²) in [5.41, 5.74) is 3.19. The number of nitrogens with zero attached hydrogens (tertiary/aromatic N) is 1. The highest BCUT2D eigenvalue weighted by molar-refractivity contribution is 7.14. The van der Waals surface area contributed by atoms with Crippen molar-refractivity contribution in [2.24, 2.45) is 4.99 Å². The molecular formula is C20H18N2S. The van der Waals surface area contributed by atoms with Gasteiger partial charge in [-0.15, -0.1) is 11.3 Å². The van der Waals surface area contributed by atoms with Crippen LogP contribution in [0.3, 0.4) is 0 Å². The van der Waals surface area contributed by atoms with E-state index in [2.05, 4.69) is 47.6 Å². The number of benzene rings is 2. The highest BCUT2D eigenvalue weighted by atomic mass is 32.1. The maximum atomic E-state index is 4.49. The Bertz CT molecular complexity index is 802. The summed E-state index contributed by atoms with van der Waals surface area (Å²) in [5, 5.41) is 3.39. The van der Waals surface area contributed by atoms with Crippen LogP contribution in [-0.4, -0.2) is 6.21 Å². The number of para-hydroxylation sites is 2. The van der Waals surface area contributed by atoms with Gasteiger partial charge in [0.05, 0.1) is 5.69 Å². The molecule has 0 atom stereocenters. The van der Waals surface area contributed by atoms with Crippen molar-refractivity contribution in [1.29, 1.82) is 0 Å². The Balaban J connectivity index is 1.67. The van der Waals surface area contributed by atoms with Crippen molar-refractivity contribution in [3.05, 3.63) is 88.2 Å². The summed E-state index contributed by atoms with van der Waals surface area (Å²) in [4.78, 5) is 6.84. The van der Waals surface area contributed by atoms with Gasteiger partial charge < -0.3 is 5.32 Å². The number of hydrogen-bond donors (Lipinski definition) is 1. The van der Waals surface area contributed by atoms with Crippen molar-refractivity contribution >= 4 is 35.0 Å². The van der Waals surface area contributed by atoms with Crippen LogP contribution >= 0.6 is 11.3 Å². The highest BCUT2D eigenvalue weighted by Crippen LogP contribution is 2.20. The lowest BCUT2D eigenvalue weighted by atomic mass is 10.3. The molecule has 2 aromatic carbocycles. The molecule has 3 aromatic rings. The molecular weight excluding hydrogens is 300 g/mol. The molecule has 114 valence electrons. The van der Waals surface area contributed by atoms with Crippen molar-refractivity contribution in [2.45, 2.75) is 6.92 Å². The number of nitrogens with one attached hydrogen (secondary N) is 1. The maximum Gasteiger partial charge on any atom is 0.0630 e. The molecule has 0 aliphatic rings. The quantitative estimate of drug-likeness (QED) is 0.576. The van der Waals surface area contributed by atoms with Crippen LogP contribution in [-0.2, 0) is 0 Å². The van der Waals surface area contributed by atoms with E-state index < -0.39 is 0 Å². The van der Waals surface area contributed by atoms with Crippen LogP contribution in [0.4, 0.5) is 11.4 Å². The average molecular weight is 318 g/mol. The van der Waals surface area contributed by atoms with Crippen LogP contribution in [0.2, 0.25) is 0 Å². The van der Waals surface area contributed by atoms with Crippen molar-refractivity contribution in [2.75, 3.05) is 5.32 Å². The molecule has 3 heteroatoms. The number of rotatable bonds is 5. The van der Waals surface area contributed by atoms with Gasteiger partial charge in [-0.3, -0.25) is 4.99 Å². The highest BCUT2D eigenvalue weighted by Gasteiger charge is 1.97. The zero-order chi connectivity index (χ0) is 15.9. The molecule has 0 saturated carbocycles. The summed E-state index contributed by atoms with van der Waals surface area (Å²) in [5.74, 6) is 0. The minimum Gasteiger partial charge on any atom is -0.359 e. The third-order valence-corrected chi connectivity index (χ3v) is 4.19. The minimum absolute atomic E-state index is 0.972. The Hall–Kier alpha value is -2.65. The molecule has 0 spiro atoms. The van der Waals surface area contributed by atoms with Crippen molar-refractivity contribution in [1.82, 2.24) is 0 Å². The molecule has 1 aromatic heterocycles. The molecule has 3 rings (SSSR count). The number of anilines is 1. The van der Waals surface area contributed by atoms with E-state index in [9.17, 15) is 0 Å². The fourth-order valence-corrected chi connectivity index (χ4v) is 3.05. The van der Waals surface area contributed by atoms with E-state index in [-0.39, 0.29) is 0 Å².